The lowest BCUT2D eigenvalue weighted by Gasteiger charge is -2.20. The summed E-state index contributed by atoms with van der Waals surface area (Å²) in [6.07, 6.45) is 2.73. The van der Waals surface area contributed by atoms with Gasteiger partial charge in [-0.25, -0.2) is 4.68 Å². The molecule has 0 aromatic carbocycles. The van der Waals surface area contributed by atoms with Crippen molar-refractivity contribution in [1.29, 1.82) is 0 Å². The first kappa shape index (κ1) is 14.8. The van der Waals surface area contributed by atoms with Crippen LogP contribution in [-0.2, 0) is 31.0 Å². The van der Waals surface area contributed by atoms with Gasteiger partial charge in [0.05, 0.1) is 12.2 Å². The number of hydrogen-bond acceptors (Lipinski definition) is 5. The second-order valence-electron chi connectivity index (χ2n) is 6.32. The molecule has 0 radical (unpaired) electrons. The van der Waals surface area contributed by atoms with Crippen LogP contribution in [0.2, 0.25) is 0 Å². The number of fused-ring (bicyclic) bond motifs is 1. The molecule has 4 rings (SSSR count). The zero-order valence-electron chi connectivity index (χ0n) is 13.1. The average molecular weight is 331 g/mol. The Morgan fingerprint density at radius 1 is 1.17 bits per heavy atom. The van der Waals surface area contributed by atoms with Gasteiger partial charge < -0.3 is 4.90 Å². The molecule has 1 fully saturated rings. The summed E-state index contributed by atoms with van der Waals surface area (Å²) in [6.45, 7) is 5.28. The highest BCUT2D eigenvalue weighted by Crippen LogP contribution is 2.20. The van der Waals surface area contributed by atoms with Crippen LogP contribution in [0, 0.1) is 0 Å². The summed E-state index contributed by atoms with van der Waals surface area (Å²) >= 11 is 1.74. The summed E-state index contributed by atoms with van der Waals surface area (Å²) in [6, 6.07) is 2.19. The third-order valence-electron chi connectivity index (χ3n) is 4.63. The zero-order valence-corrected chi connectivity index (χ0v) is 14.0. The van der Waals surface area contributed by atoms with Crippen LogP contribution in [0.4, 0.5) is 0 Å². The minimum Gasteiger partial charge on any atom is -0.337 e. The second-order valence-corrected chi connectivity index (χ2v) is 7.10. The van der Waals surface area contributed by atoms with Crippen molar-refractivity contribution in [2.24, 2.45) is 0 Å². The van der Waals surface area contributed by atoms with Crippen LogP contribution in [0.1, 0.15) is 36.2 Å². The van der Waals surface area contributed by atoms with Crippen LogP contribution >= 0.6 is 11.3 Å². The first-order valence-corrected chi connectivity index (χ1v) is 9.16. The van der Waals surface area contributed by atoms with Crippen LogP contribution < -0.4 is 0 Å². The van der Waals surface area contributed by atoms with Gasteiger partial charge in [-0.3, -0.25) is 9.69 Å². The van der Waals surface area contributed by atoms with E-state index in [2.05, 4.69) is 32.0 Å². The predicted octanol–water partition coefficient (Wildman–Crippen LogP) is 1.87. The summed E-state index contributed by atoms with van der Waals surface area (Å²) in [5.41, 5.74) is 3.52. The van der Waals surface area contributed by atoms with E-state index >= 15 is 0 Å². The standard InChI is InChI=1S/C16H21N5OS/c22-16-3-1-6-20(16)10-14-15-11-19(9-13-4-8-23-12-13)5-2-7-21(15)18-17-14/h4,8,12H,1-3,5-7,9-11H2. The van der Waals surface area contributed by atoms with Crippen molar-refractivity contribution in [3.8, 4) is 0 Å². The van der Waals surface area contributed by atoms with E-state index in [0.29, 0.717) is 13.0 Å². The lowest BCUT2D eigenvalue weighted by molar-refractivity contribution is -0.128. The van der Waals surface area contributed by atoms with Gasteiger partial charge in [-0.15, -0.1) is 5.10 Å². The van der Waals surface area contributed by atoms with E-state index < -0.39 is 0 Å². The third-order valence-corrected chi connectivity index (χ3v) is 5.37. The number of rotatable bonds is 4. The van der Waals surface area contributed by atoms with E-state index in [4.69, 9.17) is 0 Å². The van der Waals surface area contributed by atoms with Gasteiger partial charge >= 0.3 is 0 Å². The van der Waals surface area contributed by atoms with Crippen molar-refractivity contribution in [2.75, 3.05) is 13.1 Å². The summed E-state index contributed by atoms with van der Waals surface area (Å²) < 4.78 is 2.03. The maximum absolute atomic E-state index is 11.9. The van der Waals surface area contributed by atoms with E-state index in [-0.39, 0.29) is 5.91 Å². The van der Waals surface area contributed by atoms with Crippen molar-refractivity contribution in [2.45, 2.75) is 45.4 Å². The van der Waals surface area contributed by atoms with E-state index in [1.54, 1.807) is 11.3 Å². The lowest BCUT2D eigenvalue weighted by Crippen LogP contribution is -2.26. The van der Waals surface area contributed by atoms with E-state index in [1.165, 1.54) is 11.3 Å². The molecule has 2 aliphatic rings. The molecule has 0 atom stereocenters. The predicted molar refractivity (Wildman–Crippen MR) is 87.7 cm³/mol. The first-order valence-electron chi connectivity index (χ1n) is 8.22. The van der Waals surface area contributed by atoms with Crippen molar-refractivity contribution in [3.63, 3.8) is 0 Å². The third kappa shape index (κ3) is 3.16. The van der Waals surface area contributed by atoms with Gasteiger partial charge in [0, 0.05) is 39.1 Å². The molecule has 1 saturated heterocycles. The molecule has 0 aliphatic carbocycles. The molecule has 6 nitrogen and oxygen atoms in total. The monoisotopic (exact) mass is 331 g/mol. The smallest absolute Gasteiger partial charge is 0.222 e. The van der Waals surface area contributed by atoms with E-state index in [1.807, 2.05) is 9.58 Å². The fourth-order valence-corrected chi connectivity index (χ4v) is 4.07. The Morgan fingerprint density at radius 3 is 2.91 bits per heavy atom. The van der Waals surface area contributed by atoms with Gasteiger partial charge in [-0.2, -0.15) is 11.3 Å². The molecular formula is C16H21N5OS. The number of nitrogens with zero attached hydrogens (tertiary/aromatic N) is 5. The van der Waals surface area contributed by atoms with Crippen LogP contribution in [0.15, 0.2) is 16.8 Å². The van der Waals surface area contributed by atoms with Crippen molar-refractivity contribution in [3.05, 3.63) is 33.8 Å². The average Bonchev–Trinajstić information content (AvgIpc) is 3.23. The highest BCUT2D eigenvalue weighted by molar-refractivity contribution is 7.07. The van der Waals surface area contributed by atoms with Crippen LogP contribution in [0.5, 0.6) is 0 Å². The quantitative estimate of drug-likeness (QED) is 0.858. The minimum absolute atomic E-state index is 0.246. The minimum atomic E-state index is 0.246. The number of thiophene rings is 1. The molecule has 2 aromatic heterocycles. The molecular weight excluding hydrogens is 310 g/mol. The largest absolute Gasteiger partial charge is 0.337 e. The van der Waals surface area contributed by atoms with Crippen LogP contribution in [0.25, 0.3) is 0 Å². The molecule has 4 heterocycles. The number of likely N-dealkylation sites (tertiary alicyclic amines) is 1. The van der Waals surface area contributed by atoms with E-state index in [9.17, 15) is 4.79 Å². The number of aryl methyl sites for hydroxylation is 1. The summed E-state index contributed by atoms with van der Waals surface area (Å²) in [4.78, 5) is 16.2. The molecule has 2 aliphatic heterocycles. The fraction of sp³-hybridized carbons (Fsp3) is 0.562. The number of aromatic nitrogens is 3. The SMILES string of the molecule is O=C1CCCN1Cc1nnn2c1CN(Cc1ccsc1)CCC2. The van der Waals surface area contributed by atoms with Crippen LogP contribution in [-0.4, -0.2) is 43.8 Å². The molecule has 1 amide bonds. The summed E-state index contributed by atoms with van der Waals surface area (Å²) in [7, 11) is 0. The topological polar surface area (TPSA) is 54.3 Å². The molecule has 23 heavy (non-hydrogen) atoms. The number of hydrogen-bond donors (Lipinski definition) is 0. The molecule has 0 saturated carbocycles. The summed E-state index contributed by atoms with van der Waals surface area (Å²) in [5, 5.41) is 13.0. The highest BCUT2D eigenvalue weighted by Gasteiger charge is 2.25. The number of amides is 1. The molecule has 0 bridgehead atoms. The van der Waals surface area contributed by atoms with Crippen molar-refractivity contribution in [1.82, 2.24) is 24.8 Å². The lowest BCUT2D eigenvalue weighted by atomic mass is 10.2. The normalized spacial score (nSPS) is 19.1. The Balaban J connectivity index is 1.51. The molecule has 0 spiro atoms. The van der Waals surface area contributed by atoms with Gasteiger partial charge in [-0.1, -0.05) is 5.21 Å². The maximum atomic E-state index is 11.9. The highest BCUT2D eigenvalue weighted by atomic mass is 32.1. The molecule has 122 valence electrons. The molecule has 0 unspecified atom stereocenters. The first-order chi connectivity index (χ1) is 11.3. The van der Waals surface area contributed by atoms with Gasteiger partial charge in [-0.05, 0) is 35.2 Å². The van der Waals surface area contributed by atoms with Gasteiger partial charge in [0.15, 0.2) is 0 Å². The Morgan fingerprint density at radius 2 is 2.13 bits per heavy atom. The van der Waals surface area contributed by atoms with Gasteiger partial charge in [0.25, 0.3) is 0 Å². The van der Waals surface area contributed by atoms with Gasteiger partial charge in [0.1, 0.15) is 5.69 Å². The molecule has 2 aromatic rings. The Kier molecular flexibility index (Phi) is 4.13. The maximum Gasteiger partial charge on any atom is 0.222 e. The van der Waals surface area contributed by atoms with E-state index in [0.717, 1.165) is 51.3 Å². The fourth-order valence-electron chi connectivity index (χ4n) is 3.41. The van der Waals surface area contributed by atoms with Crippen molar-refractivity contribution >= 4 is 17.2 Å². The van der Waals surface area contributed by atoms with Crippen molar-refractivity contribution < 1.29 is 4.79 Å². The second kappa shape index (κ2) is 6.41. The zero-order chi connectivity index (χ0) is 15.6. The molecule has 7 heteroatoms. The molecule has 0 N–H and O–H groups in total. The van der Waals surface area contributed by atoms with Crippen LogP contribution in [0.3, 0.4) is 0 Å². The number of carbonyl (C=O) groups is 1. The summed E-state index contributed by atoms with van der Waals surface area (Å²) in [5.74, 6) is 0.246. The Bertz CT molecular complexity index is 681. The Labute approximate surface area is 139 Å². The Hall–Kier alpha value is -1.73. The van der Waals surface area contributed by atoms with Gasteiger partial charge in [0.2, 0.25) is 5.91 Å². The number of carbonyl (C=O) groups excluding carboxylic acids is 1.